The van der Waals surface area contributed by atoms with Crippen LogP contribution in [0.1, 0.15) is 33.9 Å². The molecule has 1 aliphatic rings. The summed E-state index contributed by atoms with van der Waals surface area (Å²) in [5.41, 5.74) is 7.37. The quantitative estimate of drug-likeness (QED) is 0.766. The van der Waals surface area contributed by atoms with Gasteiger partial charge < -0.3 is 5.73 Å². The molecule has 1 amide bonds. The molecule has 0 fully saturated rings. The van der Waals surface area contributed by atoms with Crippen LogP contribution >= 0.6 is 11.3 Å². The normalized spacial score (nSPS) is 14.2. The first-order valence-electron chi connectivity index (χ1n) is 5.83. The standard InChI is InChI=1S/C11H13N5OS/c12-6-5-13-16-9(6)10(17)15-11-14-7-3-1-2-4-8(7)18-11/h5H,1-4,12H2,(H,13,16)(H,14,15,17). The van der Waals surface area contributed by atoms with Gasteiger partial charge in [-0.25, -0.2) is 4.98 Å². The molecule has 1 aliphatic carbocycles. The summed E-state index contributed by atoms with van der Waals surface area (Å²) in [4.78, 5) is 17.6. The average Bonchev–Trinajstić information content (AvgIpc) is 2.94. The number of rotatable bonds is 2. The lowest BCUT2D eigenvalue weighted by molar-refractivity contribution is 0.102. The molecule has 2 heterocycles. The van der Waals surface area contributed by atoms with Gasteiger partial charge in [0.05, 0.1) is 17.6 Å². The molecule has 0 aliphatic heterocycles. The number of hydrogen-bond donors (Lipinski definition) is 3. The largest absolute Gasteiger partial charge is 0.396 e. The number of hydrogen-bond acceptors (Lipinski definition) is 5. The van der Waals surface area contributed by atoms with Crippen LogP contribution in [0.25, 0.3) is 0 Å². The van der Waals surface area contributed by atoms with Crippen molar-refractivity contribution in [2.24, 2.45) is 0 Å². The Morgan fingerprint density at radius 2 is 2.28 bits per heavy atom. The molecular weight excluding hydrogens is 250 g/mol. The second kappa shape index (κ2) is 4.41. The maximum Gasteiger partial charge on any atom is 0.277 e. The Morgan fingerprint density at radius 1 is 1.44 bits per heavy atom. The summed E-state index contributed by atoms with van der Waals surface area (Å²) in [5.74, 6) is -0.295. The minimum Gasteiger partial charge on any atom is -0.396 e. The number of aromatic nitrogens is 3. The number of aryl methyl sites for hydroxylation is 2. The van der Waals surface area contributed by atoms with Crippen molar-refractivity contribution < 1.29 is 4.79 Å². The van der Waals surface area contributed by atoms with Crippen LogP contribution in [0.5, 0.6) is 0 Å². The molecule has 2 aromatic heterocycles. The van der Waals surface area contributed by atoms with Crippen molar-refractivity contribution in [3.05, 3.63) is 22.5 Å². The van der Waals surface area contributed by atoms with E-state index in [2.05, 4.69) is 20.5 Å². The number of H-pyrrole nitrogens is 1. The lowest BCUT2D eigenvalue weighted by Crippen LogP contribution is -2.14. The number of aromatic amines is 1. The van der Waals surface area contributed by atoms with Crippen LogP contribution in [0.2, 0.25) is 0 Å². The number of nitrogens with zero attached hydrogens (tertiary/aromatic N) is 2. The summed E-state index contributed by atoms with van der Waals surface area (Å²) < 4.78 is 0. The van der Waals surface area contributed by atoms with E-state index in [4.69, 9.17) is 5.73 Å². The van der Waals surface area contributed by atoms with E-state index in [1.54, 1.807) is 11.3 Å². The molecule has 18 heavy (non-hydrogen) atoms. The Morgan fingerprint density at radius 3 is 3.00 bits per heavy atom. The first kappa shape index (κ1) is 11.2. The minimum absolute atomic E-state index is 0.281. The van der Waals surface area contributed by atoms with Gasteiger partial charge in [-0.1, -0.05) is 0 Å². The van der Waals surface area contributed by atoms with Gasteiger partial charge in [0.25, 0.3) is 5.91 Å². The molecule has 4 N–H and O–H groups in total. The Bertz CT molecular complexity index is 565. The van der Waals surface area contributed by atoms with E-state index in [0.29, 0.717) is 10.8 Å². The Kier molecular flexibility index (Phi) is 2.75. The van der Waals surface area contributed by atoms with Crippen LogP contribution in [-0.4, -0.2) is 21.1 Å². The SMILES string of the molecule is Nc1cn[nH]c1C(=O)Nc1nc2c(s1)CCCC2. The number of carbonyl (C=O) groups is 1. The summed E-state index contributed by atoms with van der Waals surface area (Å²) in [6.45, 7) is 0. The third kappa shape index (κ3) is 1.97. The number of thiazole rings is 1. The molecule has 0 unspecified atom stereocenters. The van der Waals surface area contributed by atoms with Crippen LogP contribution in [0.15, 0.2) is 6.20 Å². The van der Waals surface area contributed by atoms with Crippen LogP contribution < -0.4 is 11.1 Å². The van der Waals surface area contributed by atoms with Gasteiger partial charge in [-0.2, -0.15) is 5.10 Å². The zero-order valence-electron chi connectivity index (χ0n) is 9.69. The Hall–Kier alpha value is -1.89. The smallest absolute Gasteiger partial charge is 0.277 e. The Balaban J connectivity index is 1.79. The molecule has 0 saturated heterocycles. The van der Waals surface area contributed by atoms with E-state index in [0.717, 1.165) is 18.5 Å². The highest BCUT2D eigenvalue weighted by Crippen LogP contribution is 2.29. The molecule has 0 saturated carbocycles. The van der Waals surface area contributed by atoms with Gasteiger partial charge in [-0.3, -0.25) is 15.2 Å². The van der Waals surface area contributed by atoms with E-state index in [9.17, 15) is 4.79 Å². The molecule has 0 spiro atoms. The highest BCUT2D eigenvalue weighted by Gasteiger charge is 2.18. The van der Waals surface area contributed by atoms with E-state index >= 15 is 0 Å². The van der Waals surface area contributed by atoms with E-state index in [-0.39, 0.29) is 11.6 Å². The van der Waals surface area contributed by atoms with Gasteiger partial charge in [-0.05, 0) is 25.7 Å². The van der Waals surface area contributed by atoms with E-state index < -0.39 is 0 Å². The van der Waals surface area contributed by atoms with Crippen molar-refractivity contribution in [3.8, 4) is 0 Å². The van der Waals surface area contributed by atoms with Gasteiger partial charge >= 0.3 is 0 Å². The second-order valence-corrected chi connectivity index (χ2v) is 5.33. The van der Waals surface area contributed by atoms with Crippen LogP contribution in [0.4, 0.5) is 10.8 Å². The van der Waals surface area contributed by atoms with E-state index in [1.165, 1.54) is 23.9 Å². The molecule has 7 heteroatoms. The predicted molar refractivity (Wildman–Crippen MR) is 69.7 cm³/mol. The molecular formula is C11H13N5OS. The molecule has 0 atom stereocenters. The van der Waals surface area contributed by atoms with Crippen molar-refractivity contribution >= 4 is 28.1 Å². The van der Waals surface area contributed by atoms with Crippen molar-refractivity contribution in [2.45, 2.75) is 25.7 Å². The number of nitrogens with one attached hydrogen (secondary N) is 2. The lowest BCUT2D eigenvalue weighted by Gasteiger charge is -2.06. The molecule has 3 rings (SSSR count). The molecule has 0 bridgehead atoms. The summed E-state index contributed by atoms with van der Waals surface area (Å²) in [5, 5.41) is 9.70. The third-order valence-electron chi connectivity index (χ3n) is 2.96. The molecule has 6 nitrogen and oxygen atoms in total. The van der Waals surface area contributed by atoms with Crippen molar-refractivity contribution in [2.75, 3.05) is 11.1 Å². The number of carbonyl (C=O) groups excluding carboxylic acids is 1. The molecule has 0 aromatic carbocycles. The zero-order valence-corrected chi connectivity index (χ0v) is 10.5. The average molecular weight is 263 g/mol. The molecule has 2 aromatic rings. The zero-order chi connectivity index (χ0) is 12.5. The van der Waals surface area contributed by atoms with E-state index in [1.807, 2.05) is 0 Å². The summed E-state index contributed by atoms with van der Waals surface area (Å²) >= 11 is 1.55. The van der Waals surface area contributed by atoms with Gasteiger partial charge in [0, 0.05) is 4.88 Å². The number of nitrogens with two attached hydrogens (primary N) is 1. The highest BCUT2D eigenvalue weighted by atomic mass is 32.1. The Labute approximate surface area is 108 Å². The fourth-order valence-corrected chi connectivity index (χ4v) is 3.09. The fourth-order valence-electron chi connectivity index (χ4n) is 2.04. The van der Waals surface area contributed by atoms with Crippen molar-refractivity contribution in [1.82, 2.24) is 15.2 Å². The monoisotopic (exact) mass is 263 g/mol. The summed E-state index contributed by atoms with van der Waals surface area (Å²) in [6, 6.07) is 0. The first-order chi connectivity index (χ1) is 8.74. The van der Waals surface area contributed by atoms with Crippen LogP contribution in [-0.2, 0) is 12.8 Å². The van der Waals surface area contributed by atoms with Crippen LogP contribution in [0, 0.1) is 0 Å². The van der Waals surface area contributed by atoms with Crippen LogP contribution in [0.3, 0.4) is 0 Å². The molecule has 94 valence electrons. The maximum absolute atomic E-state index is 11.9. The van der Waals surface area contributed by atoms with Gasteiger partial charge in [-0.15, -0.1) is 11.3 Å². The number of amides is 1. The predicted octanol–water partition coefficient (Wildman–Crippen LogP) is 1.58. The van der Waals surface area contributed by atoms with Crippen molar-refractivity contribution in [1.29, 1.82) is 0 Å². The summed E-state index contributed by atoms with van der Waals surface area (Å²) in [7, 11) is 0. The second-order valence-electron chi connectivity index (χ2n) is 4.25. The number of nitrogen functional groups attached to an aromatic ring is 1. The fraction of sp³-hybridized carbons (Fsp3) is 0.364. The lowest BCUT2D eigenvalue weighted by atomic mass is 10.0. The number of anilines is 2. The van der Waals surface area contributed by atoms with Crippen molar-refractivity contribution in [3.63, 3.8) is 0 Å². The van der Waals surface area contributed by atoms with Gasteiger partial charge in [0.2, 0.25) is 0 Å². The topological polar surface area (TPSA) is 96.7 Å². The summed E-state index contributed by atoms with van der Waals surface area (Å²) in [6.07, 6.45) is 5.87. The third-order valence-corrected chi connectivity index (χ3v) is 4.03. The van der Waals surface area contributed by atoms with Gasteiger partial charge in [0.15, 0.2) is 5.13 Å². The first-order valence-corrected chi connectivity index (χ1v) is 6.64. The maximum atomic E-state index is 11.9. The van der Waals surface area contributed by atoms with Gasteiger partial charge in [0.1, 0.15) is 5.69 Å². The number of fused-ring (bicyclic) bond motifs is 1. The molecule has 0 radical (unpaired) electrons. The highest BCUT2D eigenvalue weighted by molar-refractivity contribution is 7.15. The minimum atomic E-state index is -0.295.